The summed E-state index contributed by atoms with van der Waals surface area (Å²) in [7, 11) is 2.00. The predicted molar refractivity (Wildman–Crippen MR) is 80.4 cm³/mol. The monoisotopic (exact) mass is 279 g/mol. The normalized spacial score (nSPS) is 15.7. The number of anilines is 1. The molecule has 19 heavy (non-hydrogen) atoms. The molecule has 3 nitrogen and oxygen atoms in total. The predicted octanol–water partition coefficient (Wildman–Crippen LogP) is 3.73. The van der Waals surface area contributed by atoms with E-state index in [-0.39, 0.29) is 0 Å². The number of hydrogen-bond donors (Lipinski definition) is 1. The minimum Gasteiger partial charge on any atom is -0.478 e. The van der Waals surface area contributed by atoms with E-state index in [1.807, 2.05) is 31.5 Å². The number of carbonyl (C=O) groups is 1. The summed E-state index contributed by atoms with van der Waals surface area (Å²) in [6, 6.07) is 5.73. The molecule has 1 aliphatic carbocycles. The lowest BCUT2D eigenvalue weighted by Gasteiger charge is -2.25. The van der Waals surface area contributed by atoms with Crippen LogP contribution in [0.4, 0.5) is 5.69 Å². The Morgan fingerprint density at radius 2 is 2.11 bits per heavy atom. The van der Waals surface area contributed by atoms with Gasteiger partial charge >= 0.3 is 5.97 Å². The zero-order chi connectivity index (χ0) is 13.8. The zero-order valence-corrected chi connectivity index (χ0v) is 12.4. The van der Waals surface area contributed by atoms with E-state index in [9.17, 15) is 9.90 Å². The molecule has 0 amide bonds. The second-order valence-electron chi connectivity index (χ2n) is 5.19. The summed E-state index contributed by atoms with van der Waals surface area (Å²) in [6.07, 6.45) is 7.09. The van der Waals surface area contributed by atoms with Gasteiger partial charge in [-0.3, -0.25) is 0 Å². The number of nitrogens with zero attached hydrogens (tertiary/aromatic N) is 1. The molecular weight excluding hydrogens is 258 g/mol. The molecule has 1 saturated carbocycles. The summed E-state index contributed by atoms with van der Waals surface area (Å²) >= 11 is 1.49. The summed E-state index contributed by atoms with van der Waals surface area (Å²) < 4.78 is 0. The molecule has 0 aromatic heterocycles. The molecule has 0 radical (unpaired) electrons. The van der Waals surface area contributed by atoms with E-state index in [1.165, 1.54) is 37.4 Å². The molecule has 0 aliphatic heterocycles. The van der Waals surface area contributed by atoms with Gasteiger partial charge in [-0.2, -0.15) is 0 Å². The van der Waals surface area contributed by atoms with Crippen molar-refractivity contribution in [1.82, 2.24) is 0 Å². The van der Waals surface area contributed by atoms with Crippen molar-refractivity contribution in [2.45, 2.75) is 30.6 Å². The average molecular weight is 279 g/mol. The molecular formula is C15H21NO2S. The lowest BCUT2D eigenvalue weighted by molar-refractivity contribution is 0.0694. The van der Waals surface area contributed by atoms with Crippen LogP contribution in [0.1, 0.15) is 36.0 Å². The van der Waals surface area contributed by atoms with Gasteiger partial charge in [0.15, 0.2) is 0 Å². The van der Waals surface area contributed by atoms with Crippen molar-refractivity contribution in [2.75, 3.05) is 24.7 Å². The van der Waals surface area contributed by atoms with Crippen LogP contribution in [0.15, 0.2) is 23.1 Å². The maximum atomic E-state index is 11.5. The third kappa shape index (κ3) is 3.24. The fourth-order valence-corrected chi connectivity index (χ4v) is 3.51. The molecule has 0 heterocycles. The molecule has 0 spiro atoms. The Balaban J connectivity index is 2.24. The molecule has 1 aromatic rings. The first-order chi connectivity index (χ1) is 9.13. The van der Waals surface area contributed by atoms with Crippen LogP contribution in [0.3, 0.4) is 0 Å². The van der Waals surface area contributed by atoms with Crippen LogP contribution >= 0.6 is 11.8 Å². The van der Waals surface area contributed by atoms with Gasteiger partial charge in [-0.15, -0.1) is 11.8 Å². The van der Waals surface area contributed by atoms with Crippen molar-refractivity contribution in [3.8, 4) is 0 Å². The van der Waals surface area contributed by atoms with Gasteiger partial charge < -0.3 is 10.0 Å². The van der Waals surface area contributed by atoms with Crippen molar-refractivity contribution in [2.24, 2.45) is 5.92 Å². The fourth-order valence-electron chi connectivity index (χ4n) is 2.90. The minimum atomic E-state index is -0.835. The van der Waals surface area contributed by atoms with E-state index in [2.05, 4.69) is 4.90 Å². The second kappa shape index (κ2) is 6.33. The number of carboxylic acid groups (broad SMARTS) is 1. The van der Waals surface area contributed by atoms with Gasteiger partial charge in [-0.1, -0.05) is 18.9 Å². The van der Waals surface area contributed by atoms with Gasteiger partial charge in [-0.25, -0.2) is 4.79 Å². The number of carboxylic acids is 1. The minimum absolute atomic E-state index is 0.440. The van der Waals surface area contributed by atoms with Crippen molar-refractivity contribution in [1.29, 1.82) is 0 Å². The highest BCUT2D eigenvalue weighted by atomic mass is 32.2. The smallest absolute Gasteiger partial charge is 0.338 e. The van der Waals surface area contributed by atoms with Gasteiger partial charge in [0, 0.05) is 18.5 Å². The zero-order valence-electron chi connectivity index (χ0n) is 11.6. The first kappa shape index (κ1) is 14.3. The lowest BCUT2D eigenvalue weighted by atomic mass is 10.1. The molecule has 1 N–H and O–H groups in total. The summed E-state index contributed by atoms with van der Waals surface area (Å²) in [4.78, 5) is 14.4. The van der Waals surface area contributed by atoms with E-state index in [0.29, 0.717) is 11.5 Å². The van der Waals surface area contributed by atoms with Crippen LogP contribution in [0.25, 0.3) is 0 Å². The SMILES string of the molecule is CSc1cccc(N(C)CC2CCCC2)c1C(=O)O. The fraction of sp³-hybridized carbons (Fsp3) is 0.533. The van der Waals surface area contributed by atoms with Gasteiger partial charge in [0.25, 0.3) is 0 Å². The maximum Gasteiger partial charge on any atom is 0.338 e. The van der Waals surface area contributed by atoms with Crippen molar-refractivity contribution in [3.63, 3.8) is 0 Å². The summed E-state index contributed by atoms with van der Waals surface area (Å²) in [5, 5.41) is 9.45. The van der Waals surface area contributed by atoms with Crippen molar-refractivity contribution in [3.05, 3.63) is 23.8 Å². The van der Waals surface area contributed by atoms with E-state index >= 15 is 0 Å². The van der Waals surface area contributed by atoms with E-state index in [1.54, 1.807) is 0 Å². The van der Waals surface area contributed by atoms with E-state index < -0.39 is 5.97 Å². The Labute approximate surface area is 119 Å². The van der Waals surface area contributed by atoms with Crippen LogP contribution in [0.2, 0.25) is 0 Å². The average Bonchev–Trinajstić information content (AvgIpc) is 2.90. The van der Waals surface area contributed by atoms with Gasteiger partial charge in [0.05, 0.1) is 11.3 Å². The molecule has 1 aromatic carbocycles. The standard InChI is InChI=1S/C15H21NO2S/c1-16(10-11-6-3-4-7-11)12-8-5-9-13(19-2)14(12)15(17)18/h5,8-9,11H,3-4,6-7,10H2,1-2H3,(H,17,18). The largest absolute Gasteiger partial charge is 0.478 e. The van der Waals surface area contributed by atoms with E-state index in [0.717, 1.165) is 17.1 Å². The van der Waals surface area contributed by atoms with Gasteiger partial charge in [0.2, 0.25) is 0 Å². The topological polar surface area (TPSA) is 40.5 Å². The van der Waals surface area contributed by atoms with Gasteiger partial charge in [-0.05, 0) is 37.1 Å². The Hall–Kier alpha value is -1.16. The molecule has 0 atom stereocenters. The molecule has 104 valence electrons. The first-order valence-electron chi connectivity index (χ1n) is 6.75. The summed E-state index contributed by atoms with van der Waals surface area (Å²) in [6.45, 7) is 0.956. The van der Waals surface area contributed by atoms with Crippen molar-refractivity contribution < 1.29 is 9.90 Å². The van der Waals surface area contributed by atoms with E-state index in [4.69, 9.17) is 0 Å². The highest BCUT2D eigenvalue weighted by Crippen LogP contribution is 2.32. The van der Waals surface area contributed by atoms with Crippen molar-refractivity contribution >= 4 is 23.4 Å². The lowest BCUT2D eigenvalue weighted by Crippen LogP contribution is -2.26. The molecule has 0 unspecified atom stereocenters. The van der Waals surface area contributed by atoms with Crippen LogP contribution in [0, 0.1) is 5.92 Å². The Morgan fingerprint density at radius 1 is 1.42 bits per heavy atom. The Bertz CT molecular complexity index is 455. The first-order valence-corrected chi connectivity index (χ1v) is 7.97. The molecule has 0 saturated heterocycles. The third-order valence-electron chi connectivity index (χ3n) is 3.86. The Kier molecular flexibility index (Phi) is 4.75. The maximum absolute atomic E-state index is 11.5. The molecule has 1 fully saturated rings. The highest BCUT2D eigenvalue weighted by molar-refractivity contribution is 7.98. The number of benzene rings is 1. The molecule has 1 aliphatic rings. The van der Waals surface area contributed by atoms with Crippen LogP contribution in [0.5, 0.6) is 0 Å². The van der Waals surface area contributed by atoms with Crippen LogP contribution in [-0.4, -0.2) is 30.9 Å². The quantitative estimate of drug-likeness (QED) is 0.834. The summed E-state index contributed by atoms with van der Waals surface area (Å²) in [5.74, 6) is -0.122. The number of thioether (sulfide) groups is 1. The van der Waals surface area contributed by atoms with Gasteiger partial charge in [0.1, 0.15) is 0 Å². The number of aromatic carboxylic acids is 1. The Morgan fingerprint density at radius 3 is 2.68 bits per heavy atom. The van der Waals surface area contributed by atoms with Crippen LogP contribution < -0.4 is 4.90 Å². The summed E-state index contributed by atoms with van der Waals surface area (Å²) in [5.41, 5.74) is 1.28. The third-order valence-corrected chi connectivity index (χ3v) is 4.64. The van der Waals surface area contributed by atoms with Crippen LogP contribution in [-0.2, 0) is 0 Å². The molecule has 0 bridgehead atoms. The number of rotatable bonds is 5. The molecule has 2 rings (SSSR count). The second-order valence-corrected chi connectivity index (χ2v) is 6.04. The number of hydrogen-bond acceptors (Lipinski definition) is 3. The highest BCUT2D eigenvalue weighted by Gasteiger charge is 2.21. The molecule has 4 heteroatoms.